The Kier molecular flexibility index (Phi) is 3.37. The number of benzene rings is 1. The fourth-order valence-electron chi connectivity index (χ4n) is 1.92. The number of aromatic nitrogens is 1. The van der Waals surface area contributed by atoms with E-state index < -0.39 is 0 Å². The van der Waals surface area contributed by atoms with E-state index in [1.54, 1.807) is 7.11 Å². The van der Waals surface area contributed by atoms with Gasteiger partial charge < -0.3 is 10.5 Å². The molecule has 3 nitrogen and oxygen atoms in total. The number of nitrogens with zero attached hydrogens (tertiary/aromatic N) is 1. The number of ether oxygens (including phenoxy) is 1. The zero-order chi connectivity index (χ0) is 11.4. The first-order valence-corrected chi connectivity index (χ1v) is 5.47. The van der Waals surface area contributed by atoms with E-state index in [0.717, 1.165) is 29.5 Å². The quantitative estimate of drug-likeness (QED) is 0.851. The Morgan fingerprint density at radius 3 is 2.94 bits per heavy atom. The first-order valence-electron chi connectivity index (χ1n) is 5.47. The zero-order valence-corrected chi connectivity index (χ0v) is 9.44. The number of aryl methyl sites for hydroxylation is 1. The van der Waals surface area contributed by atoms with Crippen LogP contribution < -0.4 is 10.5 Å². The molecule has 1 heterocycles. The number of hydrogen-bond donors (Lipinski definition) is 1. The highest BCUT2D eigenvalue weighted by Gasteiger charge is 2.07. The third-order valence-corrected chi connectivity index (χ3v) is 2.70. The van der Waals surface area contributed by atoms with E-state index in [1.165, 1.54) is 5.56 Å². The number of pyridine rings is 1. The summed E-state index contributed by atoms with van der Waals surface area (Å²) < 4.78 is 5.38. The normalized spacial score (nSPS) is 10.6. The van der Waals surface area contributed by atoms with Crippen molar-refractivity contribution in [2.45, 2.75) is 12.8 Å². The van der Waals surface area contributed by atoms with Crippen LogP contribution in [0.4, 0.5) is 0 Å². The summed E-state index contributed by atoms with van der Waals surface area (Å²) in [6.07, 6.45) is 3.70. The van der Waals surface area contributed by atoms with Crippen LogP contribution in [0.2, 0.25) is 0 Å². The highest BCUT2D eigenvalue weighted by Crippen LogP contribution is 2.27. The average Bonchev–Trinajstić information content (AvgIpc) is 2.35. The maximum absolute atomic E-state index is 5.56. The average molecular weight is 216 g/mol. The lowest BCUT2D eigenvalue weighted by atomic mass is 10.0. The lowest BCUT2D eigenvalue weighted by molar-refractivity contribution is 0.410. The van der Waals surface area contributed by atoms with Crippen molar-refractivity contribution in [1.29, 1.82) is 0 Å². The van der Waals surface area contributed by atoms with Crippen LogP contribution in [0.25, 0.3) is 10.9 Å². The van der Waals surface area contributed by atoms with Crippen LogP contribution in [0, 0.1) is 0 Å². The summed E-state index contributed by atoms with van der Waals surface area (Å²) in [6.45, 7) is 0.694. The monoisotopic (exact) mass is 216 g/mol. The van der Waals surface area contributed by atoms with E-state index in [1.807, 2.05) is 24.4 Å². The molecule has 0 radical (unpaired) electrons. The number of fused-ring (bicyclic) bond motifs is 1. The Hall–Kier alpha value is -1.61. The molecule has 0 fully saturated rings. The molecule has 0 aliphatic rings. The predicted octanol–water partition coefficient (Wildman–Crippen LogP) is 2.13. The first-order chi connectivity index (χ1) is 7.86. The molecule has 0 bridgehead atoms. The lowest BCUT2D eigenvalue weighted by Crippen LogP contribution is -2.02. The molecule has 84 valence electrons. The van der Waals surface area contributed by atoms with Gasteiger partial charge in [-0.3, -0.25) is 4.98 Å². The molecule has 0 spiro atoms. The lowest BCUT2D eigenvalue weighted by Gasteiger charge is -2.10. The van der Waals surface area contributed by atoms with Crippen molar-refractivity contribution in [3.63, 3.8) is 0 Å². The van der Waals surface area contributed by atoms with Crippen molar-refractivity contribution in [2.75, 3.05) is 13.7 Å². The Morgan fingerprint density at radius 1 is 1.31 bits per heavy atom. The fourth-order valence-corrected chi connectivity index (χ4v) is 1.92. The molecular weight excluding hydrogens is 200 g/mol. The van der Waals surface area contributed by atoms with E-state index in [9.17, 15) is 0 Å². The molecule has 1 aromatic heterocycles. The smallest absolute Gasteiger partial charge is 0.122 e. The van der Waals surface area contributed by atoms with Crippen molar-refractivity contribution < 1.29 is 4.74 Å². The second-order valence-corrected chi connectivity index (χ2v) is 3.71. The fraction of sp³-hybridized carbons (Fsp3) is 0.308. The van der Waals surface area contributed by atoms with Gasteiger partial charge in [0.15, 0.2) is 0 Å². The Balaban J connectivity index is 2.54. The minimum atomic E-state index is 0.694. The van der Waals surface area contributed by atoms with Crippen molar-refractivity contribution in [1.82, 2.24) is 4.98 Å². The van der Waals surface area contributed by atoms with Crippen molar-refractivity contribution >= 4 is 10.9 Å². The van der Waals surface area contributed by atoms with Crippen LogP contribution in [-0.4, -0.2) is 18.6 Å². The van der Waals surface area contributed by atoms with Gasteiger partial charge in [-0.05, 0) is 37.6 Å². The minimum Gasteiger partial charge on any atom is -0.496 e. The van der Waals surface area contributed by atoms with Gasteiger partial charge in [0.2, 0.25) is 0 Å². The summed E-state index contributed by atoms with van der Waals surface area (Å²) in [5, 5.41) is 1.16. The van der Waals surface area contributed by atoms with Crippen LogP contribution >= 0.6 is 0 Å². The summed E-state index contributed by atoms with van der Waals surface area (Å²) in [5.41, 5.74) is 7.77. The number of nitrogens with two attached hydrogens (primary N) is 1. The third kappa shape index (κ3) is 1.99. The van der Waals surface area contributed by atoms with Crippen LogP contribution in [0.3, 0.4) is 0 Å². The number of hydrogen-bond acceptors (Lipinski definition) is 3. The highest BCUT2D eigenvalue weighted by atomic mass is 16.5. The molecular formula is C13H16N2O. The van der Waals surface area contributed by atoms with Crippen LogP contribution in [0.5, 0.6) is 5.75 Å². The van der Waals surface area contributed by atoms with Gasteiger partial charge in [-0.15, -0.1) is 0 Å². The molecule has 0 amide bonds. The van der Waals surface area contributed by atoms with Crippen LogP contribution in [-0.2, 0) is 6.42 Å². The van der Waals surface area contributed by atoms with Crippen LogP contribution in [0.1, 0.15) is 12.0 Å². The molecule has 0 saturated heterocycles. The van der Waals surface area contributed by atoms with Gasteiger partial charge in [0.1, 0.15) is 5.75 Å². The largest absolute Gasteiger partial charge is 0.496 e. The standard InChI is InChI=1S/C13H16N2O/c1-16-13-7-6-12-10(5-3-9-15-12)11(13)4-2-8-14/h3,5-7,9H,2,4,8,14H2,1H3. The maximum atomic E-state index is 5.56. The van der Waals surface area contributed by atoms with E-state index in [-0.39, 0.29) is 0 Å². The molecule has 0 saturated carbocycles. The topological polar surface area (TPSA) is 48.1 Å². The van der Waals surface area contributed by atoms with Gasteiger partial charge in [-0.2, -0.15) is 0 Å². The predicted molar refractivity (Wildman–Crippen MR) is 65.7 cm³/mol. The minimum absolute atomic E-state index is 0.694. The molecule has 3 heteroatoms. The molecule has 16 heavy (non-hydrogen) atoms. The van der Waals surface area contributed by atoms with E-state index in [2.05, 4.69) is 11.1 Å². The van der Waals surface area contributed by atoms with E-state index in [4.69, 9.17) is 10.5 Å². The van der Waals surface area contributed by atoms with Crippen molar-refractivity contribution in [2.24, 2.45) is 5.73 Å². The number of rotatable bonds is 4. The molecule has 2 rings (SSSR count). The molecule has 2 N–H and O–H groups in total. The van der Waals surface area contributed by atoms with Gasteiger partial charge in [0.25, 0.3) is 0 Å². The SMILES string of the molecule is COc1ccc2ncccc2c1CCCN. The zero-order valence-electron chi connectivity index (χ0n) is 9.44. The van der Waals surface area contributed by atoms with Crippen LogP contribution in [0.15, 0.2) is 30.5 Å². The Labute approximate surface area is 95.2 Å². The summed E-state index contributed by atoms with van der Waals surface area (Å²) in [4.78, 5) is 4.34. The molecule has 1 aromatic carbocycles. The van der Waals surface area contributed by atoms with Crippen molar-refractivity contribution in [3.05, 3.63) is 36.0 Å². The Bertz CT molecular complexity index is 482. The summed E-state index contributed by atoms with van der Waals surface area (Å²) in [7, 11) is 1.70. The molecule has 0 aliphatic heterocycles. The van der Waals surface area contributed by atoms with E-state index >= 15 is 0 Å². The summed E-state index contributed by atoms with van der Waals surface area (Å²) in [6, 6.07) is 7.99. The molecule has 2 aromatic rings. The van der Waals surface area contributed by atoms with Gasteiger partial charge in [0, 0.05) is 17.1 Å². The first kappa shape index (κ1) is 10.9. The van der Waals surface area contributed by atoms with Gasteiger partial charge in [0.05, 0.1) is 12.6 Å². The van der Waals surface area contributed by atoms with E-state index in [0.29, 0.717) is 6.54 Å². The third-order valence-electron chi connectivity index (χ3n) is 2.70. The molecule has 0 atom stereocenters. The summed E-state index contributed by atoms with van der Waals surface area (Å²) >= 11 is 0. The van der Waals surface area contributed by atoms with Crippen molar-refractivity contribution in [3.8, 4) is 5.75 Å². The van der Waals surface area contributed by atoms with Gasteiger partial charge in [-0.1, -0.05) is 6.07 Å². The molecule has 0 unspecified atom stereocenters. The maximum Gasteiger partial charge on any atom is 0.122 e. The summed E-state index contributed by atoms with van der Waals surface area (Å²) in [5.74, 6) is 0.925. The second kappa shape index (κ2) is 4.94. The second-order valence-electron chi connectivity index (χ2n) is 3.71. The Morgan fingerprint density at radius 2 is 2.19 bits per heavy atom. The highest BCUT2D eigenvalue weighted by molar-refractivity contribution is 5.84. The number of methoxy groups -OCH3 is 1. The molecule has 0 aliphatic carbocycles. The van der Waals surface area contributed by atoms with Gasteiger partial charge >= 0.3 is 0 Å². The van der Waals surface area contributed by atoms with Gasteiger partial charge in [-0.25, -0.2) is 0 Å².